The fourth-order valence-corrected chi connectivity index (χ4v) is 9.17. The van der Waals surface area contributed by atoms with E-state index in [2.05, 4.69) is 66.1 Å². The highest BCUT2D eigenvalue weighted by Gasteiger charge is 2.31. The van der Waals surface area contributed by atoms with Crippen molar-refractivity contribution < 1.29 is 27.4 Å². The van der Waals surface area contributed by atoms with Crippen molar-refractivity contribution in [1.82, 2.24) is 19.5 Å². The number of amides is 1. The zero-order valence-corrected chi connectivity index (χ0v) is 35.7. The third-order valence-corrected chi connectivity index (χ3v) is 12.6. The maximum Gasteiger partial charge on any atom is 0.446 e. The number of nitrogens with zero attached hydrogens (tertiary/aromatic N) is 3. The van der Waals surface area contributed by atoms with E-state index in [1.165, 1.54) is 17.2 Å². The summed E-state index contributed by atoms with van der Waals surface area (Å²) in [6.07, 6.45) is 2.62. The van der Waals surface area contributed by atoms with Crippen LogP contribution in [0.5, 0.6) is 11.5 Å². The largest absolute Gasteiger partial charge is 0.456 e. The Balaban J connectivity index is 0.955. The van der Waals surface area contributed by atoms with Gasteiger partial charge in [0.15, 0.2) is 0 Å². The molecule has 0 saturated carbocycles. The van der Waals surface area contributed by atoms with Crippen molar-refractivity contribution in [3.63, 3.8) is 0 Å². The average Bonchev–Trinajstić information content (AvgIpc) is 3.76. The second-order valence-electron chi connectivity index (χ2n) is 14.9. The molecule has 2 aliphatic heterocycles. The number of carbonyl (C=O) groups excluding carboxylic acids is 1. The van der Waals surface area contributed by atoms with E-state index in [0.717, 1.165) is 92.9 Å². The molecule has 1 aromatic heterocycles. The molecular weight excluding hydrogens is 841 g/mol. The van der Waals surface area contributed by atoms with E-state index in [9.17, 15) is 18.0 Å². The number of ether oxygens (including phenoxy) is 2. The molecule has 0 bridgehead atoms. The summed E-state index contributed by atoms with van der Waals surface area (Å²) in [6, 6.07) is 34.4. The first-order valence-corrected chi connectivity index (χ1v) is 22.3. The molecule has 6 aromatic rings. The molecule has 0 atom stereocenters. The number of hydrogen-bond acceptors (Lipinski definition) is 9. The minimum Gasteiger partial charge on any atom is -0.456 e. The van der Waals surface area contributed by atoms with Crippen molar-refractivity contribution in [2.75, 3.05) is 75.8 Å². The molecule has 3 N–H and O–H groups in total. The van der Waals surface area contributed by atoms with Gasteiger partial charge in [-0.1, -0.05) is 54.1 Å². The van der Waals surface area contributed by atoms with Gasteiger partial charge in [-0.15, -0.1) is 0 Å². The molecule has 0 unspecified atom stereocenters. The van der Waals surface area contributed by atoms with Crippen LogP contribution >= 0.6 is 35.3 Å². The van der Waals surface area contributed by atoms with Gasteiger partial charge in [0.1, 0.15) is 11.5 Å². The first-order chi connectivity index (χ1) is 29.6. The van der Waals surface area contributed by atoms with Crippen molar-refractivity contribution in [3.8, 4) is 22.6 Å². The Hall–Kier alpha value is -4.83. The zero-order chi connectivity index (χ0) is 42.2. The summed E-state index contributed by atoms with van der Waals surface area (Å²) in [7, 11) is 0. The van der Waals surface area contributed by atoms with Gasteiger partial charge in [-0.05, 0) is 114 Å². The Kier molecular flexibility index (Phi) is 14.0. The molecule has 9 nitrogen and oxygen atoms in total. The van der Waals surface area contributed by atoms with Crippen LogP contribution in [0, 0.1) is 0 Å². The second-order valence-corrected chi connectivity index (χ2v) is 17.3. The molecule has 3 heterocycles. The minimum atomic E-state index is -4.48. The number of aromatic nitrogens is 1. The second kappa shape index (κ2) is 19.9. The Bertz CT molecular complexity index is 2420. The Morgan fingerprint density at radius 1 is 0.836 bits per heavy atom. The highest BCUT2D eigenvalue weighted by Crippen LogP contribution is 2.42. The lowest BCUT2D eigenvalue weighted by Crippen LogP contribution is -2.46. The van der Waals surface area contributed by atoms with E-state index in [4.69, 9.17) is 21.1 Å². The van der Waals surface area contributed by atoms with Gasteiger partial charge in [-0.25, -0.2) is 0 Å². The third-order valence-electron chi connectivity index (χ3n) is 10.8. The number of hydrogen-bond donors (Lipinski definition) is 3. The van der Waals surface area contributed by atoms with Gasteiger partial charge in [-0.2, -0.15) is 13.2 Å². The molecule has 2 fully saturated rings. The van der Waals surface area contributed by atoms with Crippen LogP contribution in [0.4, 0.5) is 24.5 Å². The van der Waals surface area contributed by atoms with Gasteiger partial charge in [0.2, 0.25) is 0 Å². The number of anilines is 2. The van der Waals surface area contributed by atoms with Gasteiger partial charge < -0.3 is 24.7 Å². The lowest BCUT2D eigenvalue weighted by atomic mass is 9.99. The number of halogens is 4. The van der Waals surface area contributed by atoms with Gasteiger partial charge >= 0.3 is 5.51 Å². The van der Waals surface area contributed by atoms with Crippen molar-refractivity contribution >= 4 is 63.5 Å². The number of rotatable bonds is 15. The predicted octanol–water partition coefficient (Wildman–Crippen LogP) is 10.8. The first-order valence-electron chi connectivity index (χ1n) is 20.3. The normalized spacial score (nSPS) is 15.2. The van der Waals surface area contributed by atoms with Crippen LogP contribution < -0.4 is 19.7 Å². The molecule has 8 rings (SSSR count). The van der Waals surface area contributed by atoms with Crippen molar-refractivity contribution in [2.45, 2.75) is 28.3 Å². The summed E-state index contributed by atoms with van der Waals surface area (Å²) in [6.45, 7) is 8.49. The summed E-state index contributed by atoms with van der Waals surface area (Å²) >= 11 is 6.96. The van der Waals surface area contributed by atoms with Crippen LogP contribution in [0.3, 0.4) is 0 Å². The summed E-state index contributed by atoms with van der Waals surface area (Å²) in [5.74, 6) is 0.518. The Morgan fingerprint density at radius 2 is 1.64 bits per heavy atom. The number of fused-ring (bicyclic) bond motifs is 1. The summed E-state index contributed by atoms with van der Waals surface area (Å²) in [5.41, 5.74) is 1.59. The third kappa shape index (κ3) is 11.4. The fraction of sp³-hybridized carbons (Fsp3) is 0.283. The Morgan fingerprint density at radius 3 is 2.44 bits per heavy atom. The van der Waals surface area contributed by atoms with Crippen LogP contribution in [0.25, 0.3) is 22.0 Å². The molecule has 2 aliphatic rings. The van der Waals surface area contributed by atoms with E-state index in [1.54, 1.807) is 18.2 Å². The number of alkyl halides is 3. The lowest BCUT2D eigenvalue weighted by molar-refractivity contribution is -0.0328. The lowest BCUT2D eigenvalue weighted by Gasteiger charge is -2.36. The number of nitrogens with one attached hydrogen (secondary N) is 3. The highest BCUT2D eigenvalue weighted by molar-refractivity contribution is 8.00. The number of piperazine rings is 1. The minimum absolute atomic E-state index is 0.0388. The van der Waals surface area contributed by atoms with Crippen LogP contribution in [-0.4, -0.2) is 91.8 Å². The smallest absolute Gasteiger partial charge is 0.446 e. The van der Waals surface area contributed by atoms with E-state index < -0.39 is 11.4 Å². The quantitative estimate of drug-likeness (QED) is 0.0530. The molecule has 0 aliphatic carbocycles. The van der Waals surface area contributed by atoms with Gasteiger partial charge in [-0.3, -0.25) is 19.3 Å². The Labute approximate surface area is 367 Å². The zero-order valence-electron chi connectivity index (χ0n) is 33.3. The van der Waals surface area contributed by atoms with Crippen LogP contribution in [0.15, 0.2) is 125 Å². The van der Waals surface area contributed by atoms with Gasteiger partial charge in [0, 0.05) is 102 Å². The number of morpholine rings is 1. The molecule has 5 aromatic carbocycles. The number of thioether (sulfide) groups is 1. The average molecular weight is 887 g/mol. The molecule has 0 spiro atoms. The number of carbonyl (C=O) groups is 1. The standard InChI is InChI=1S/C46H46ClF3N6O3S2/c47-34-11-9-32(10-12-34)37-6-2-1-5-33(37)31-55-21-23-56(24-22-55)35-13-15-39(43(29-35)59-42-8-3-7-40-38(42)17-19-52-40)45(57)53-61-36-14-16-41(44(30-36)60-46(48,49)50)51-18-4-20-54-25-27-58-28-26-54/h1-3,5-17,19,29-30,51-52H,4,18,20-28,31H2,(H,53,57). The van der Waals surface area contributed by atoms with Crippen molar-refractivity contribution in [3.05, 3.63) is 132 Å². The van der Waals surface area contributed by atoms with Crippen LogP contribution in [0.2, 0.25) is 5.02 Å². The maximum atomic E-state index is 13.9. The van der Waals surface area contributed by atoms with E-state index >= 15 is 0 Å². The number of benzene rings is 5. The molecule has 2 saturated heterocycles. The van der Waals surface area contributed by atoms with Crippen LogP contribution in [0.1, 0.15) is 22.3 Å². The molecule has 0 radical (unpaired) electrons. The fourth-order valence-electron chi connectivity index (χ4n) is 7.65. The van der Waals surface area contributed by atoms with Crippen molar-refractivity contribution in [1.29, 1.82) is 0 Å². The number of H-pyrrole nitrogens is 1. The van der Waals surface area contributed by atoms with E-state index in [-0.39, 0.29) is 16.7 Å². The molecule has 1 amide bonds. The van der Waals surface area contributed by atoms with Crippen LogP contribution in [-0.2, 0) is 11.3 Å². The topological polar surface area (TPSA) is 85.1 Å². The SMILES string of the molecule is O=C(NSc1ccc(NCCCN2CCOCC2)c(SC(F)(F)F)c1)c1ccc(N2CCN(Cc3ccccc3-c3ccc(Cl)cc3)CC2)cc1Oc1cccc2[nH]ccc12. The first kappa shape index (κ1) is 42.8. The summed E-state index contributed by atoms with van der Waals surface area (Å²) in [4.78, 5) is 24.7. The predicted molar refractivity (Wildman–Crippen MR) is 241 cm³/mol. The molecule has 15 heteroatoms. The van der Waals surface area contributed by atoms with Gasteiger partial charge in [0.25, 0.3) is 5.91 Å². The van der Waals surface area contributed by atoms with E-state index in [1.807, 2.05) is 54.7 Å². The highest BCUT2D eigenvalue weighted by atomic mass is 35.5. The molecule has 61 heavy (non-hydrogen) atoms. The number of aromatic amines is 1. The summed E-state index contributed by atoms with van der Waals surface area (Å²) in [5, 5.41) is 4.76. The van der Waals surface area contributed by atoms with Crippen molar-refractivity contribution in [2.24, 2.45) is 0 Å². The molecule has 318 valence electrons. The van der Waals surface area contributed by atoms with E-state index in [0.29, 0.717) is 52.4 Å². The maximum absolute atomic E-state index is 13.9. The van der Waals surface area contributed by atoms with Gasteiger partial charge in [0.05, 0.1) is 18.8 Å². The summed E-state index contributed by atoms with van der Waals surface area (Å²) < 4.78 is 55.9. The monoisotopic (exact) mass is 886 g/mol. The molecular formula is C46H46ClF3N6O3S2.